The predicted molar refractivity (Wildman–Crippen MR) is 99.4 cm³/mol. The molecule has 0 aliphatic carbocycles. The molecule has 1 aromatic heterocycles. The molecule has 3 rings (SSSR count). The molecule has 0 amide bonds. The first-order valence-electron chi connectivity index (χ1n) is 8.47. The van der Waals surface area contributed by atoms with Crippen LogP contribution in [-0.2, 0) is 25.4 Å². The van der Waals surface area contributed by atoms with Gasteiger partial charge in [0.05, 0.1) is 38.1 Å². The molecule has 1 aliphatic heterocycles. The fraction of sp³-hybridized carbons (Fsp3) is 0.389. The molecule has 1 saturated heterocycles. The summed E-state index contributed by atoms with van der Waals surface area (Å²) >= 11 is 1.39. The summed E-state index contributed by atoms with van der Waals surface area (Å²) in [6.07, 6.45) is 2.54. The van der Waals surface area contributed by atoms with Gasteiger partial charge >= 0.3 is 5.97 Å². The summed E-state index contributed by atoms with van der Waals surface area (Å²) in [6, 6.07) is 7.85. The van der Waals surface area contributed by atoms with Gasteiger partial charge in [-0.05, 0) is 18.9 Å². The molecular formula is C18H21N3O4S. The lowest BCUT2D eigenvalue weighted by Crippen LogP contribution is -2.17. The number of nitrogens with one attached hydrogen (secondary N) is 1. The van der Waals surface area contributed by atoms with Crippen LogP contribution in [0.5, 0.6) is 0 Å². The van der Waals surface area contributed by atoms with Crippen molar-refractivity contribution in [3.8, 4) is 0 Å². The van der Waals surface area contributed by atoms with Gasteiger partial charge in [-0.25, -0.2) is 4.98 Å². The van der Waals surface area contributed by atoms with Crippen LogP contribution in [0.25, 0.3) is 0 Å². The number of esters is 1. The Kier molecular flexibility index (Phi) is 6.70. The second-order valence-electron chi connectivity index (χ2n) is 5.59. The Morgan fingerprint density at radius 3 is 2.88 bits per heavy atom. The van der Waals surface area contributed by atoms with Crippen LogP contribution < -0.4 is 5.43 Å². The summed E-state index contributed by atoms with van der Waals surface area (Å²) in [6.45, 7) is 3.60. The Morgan fingerprint density at radius 2 is 2.15 bits per heavy atom. The Morgan fingerprint density at radius 1 is 1.38 bits per heavy atom. The molecule has 26 heavy (non-hydrogen) atoms. The third kappa shape index (κ3) is 5.35. The van der Waals surface area contributed by atoms with Crippen LogP contribution >= 0.6 is 11.3 Å². The van der Waals surface area contributed by atoms with Crippen molar-refractivity contribution in [2.45, 2.75) is 26.1 Å². The van der Waals surface area contributed by atoms with Gasteiger partial charge in [-0.3, -0.25) is 10.2 Å². The SMILES string of the molecule is CCOC(=O)Cc1csc(NN=Cc2ccc(C3OCCCO3)cc2)n1. The normalized spacial score (nSPS) is 15.3. The molecule has 0 unspecified atom stereocenters. The van der Waals surface area contributed by atoms with Crippen LogP contribution in [-0.4, -0.2) is 37.0 Å². The Balaban J connectivity index is 1.50. The fourth-order valence-electron chi connectivity index (χ4n) is 2.38. The van der Waals surface area contributed by atoms with Crippen LogP contribution in [0, 0.1) is 0 Å². The predicted octanol–water partition coefficient (Wildman–Crippen LogP) is 3.13. The van der Waals surface area contributed by atoms with E-state index in [0.29, 0.717) is 17.4 Å². The lowest BCUT2D eigenvalue weighted by atomic mass is 10.1. The van der Waals surface area contributed by atoms with E-state index in [4.69, 9.17) is 14.2 Å². The molecule has 1 aromatic carbocycles. The largest absolute Gasteiger partial charge is 0.466 e. The molecule has 1 N–H and O–H groups in total. The maximum absolute atomic E-state index is 11.4. The Labute approximate surface area is 156 Å². The zero-order valence-corrected chi connectivity index (χ0v) is 15.3. The highest BCUT2D eigenvalue weighted by atomic mass is 32.1. The molecular weight excluding hydrogens is 354 g/mol. The maximum atomic E-state index is 11.4. The molecule has 0 spiro atoms. The van der Waals surface area contributed by atoms with E-state index in [2.05, 4.69) is 15.5 Å². The van der Waals surface area contributed by atoms with Gasteiger partial charge in [-0.2, -0.15) is 5.10 Å². The zero-order valence-electron chi connectivity index (χ0n) is 14.5. The van der Waals surface area contributed by atoms with E-state index in [1.54, 1.807) is 13.1 Å². The van der Waals surface area contributed by atoms with Gasteiger partial charge in [-0.15, -0.1) is 11.3 Å². The number of hydrogen-bond donors (Lipinski definition) is 1. The number of carbonyl (C=O) groups is 1. The van der Waals surface area contributed by atoms with E-state index in [1.807, 2.05) is 29.6 Å². The first kappa shape index (κ1) is 18.5. The van der Waals surface area contributed by atoms with E-state index in [9.17, 15) is 4.79 Å². The molecule has 0 saturated carbocycles. The number of benzene rings is 1. The van der Waals surface area contributed by atoms with Gasteiger partial charge in [0.15, 0.2) is 6.29 Å². The third-order valence-corrected chi connectivity index (χ3v) is 4.39. The molecule has 2 heterocycles. The van der Waals surface area contributed by atoms with E-state index >= 15 is 0 Å². The van der Waals surface area contributed by atoms with Crippen LogP contribution in [0.3, 0.4) is 0 Å². The van der Waals surface area contributed by atoms with Gasteiger partial charge in [-0.1, -0.05) is 24.3 Å². The van der Waals surface area contributed by atoms with Crippen LogP contribution in [0.1, 0.15) is 36.5 Å². The number of nitrogens with zero attached hydrogens (tertiary/aromatic N) is 2. The van der Waals surface area contributed by atoms with Crippen molar-refractivity contribution in [1.82, 2.24) is 4.98 Å². The Hall–Kier alpha value is -2.29. The van der Waals surface area contributed by atoms with E-state index in [1.165, 1.54) is 11.3 Å². The quantitative estimate of drug-likeness (QED) is 0.455. The highest BCUT2D eigenvalue weighted by molar-refractivity contribution is 7.13. The number of anilines is 1. The number of carbonyl (C=O) groups excluding carboxylic acids is 1. The number of thiazole rings is 1. The van der Waals surface area contributed by atoms with Crippen molar-refractivity contribution in [2.75, 3.05) is 25.2 Å². The van der Waals surface area contributed by atoms with Crippen molar-refractivity contribution in [2.24, 2.45) is 5.10 Å². The molecule has 0 atom stereocenters. The van der Waals surface area contributed by atoms with Crippen molar-refractivity contribution in [1.29, 1.82) is 0 Å². The minimum atomic E-state index is -0.279. The second-order valence-corrected chi connectivity index (χ2v) is 6.45. The smallest absolute Gasteiger partial charge is 0.311 e. The molecule has 1 aliphatic rings. The number of ether oxygens (including phenoxy) is 3. The van der Waals surface area contributed by atoms with E-state index in [-0.39, 0.29) is 18.7 Å². The van der Waals surface area contributed by atoms with Crippen molar-refractivity contribution in [3.63, 3.8) is 0 Å². The molecule has 1 fully saturated rings. The van der Waals surface area contributed by atoms with Crippen LogP contribution in [0.2, 0.25) is 0 Å². The topological polar surface area (TPSA) is 82.0 Å². The minimum absolute atomic E-state index is 0.169. The minimum Gasteiger partial charge on any atom is -0.466 e. The number of hydrazone groups is 1. The summed E-state index contributed by atoms with van der Waals surface area (Å²) in [5.41, 5.74) is 5.48. The van der Waals surface area contributed by atoms with Gasteiger partial charge in [0.2, 0.25) is 5.13 Å². The molecule has 2 aromatic rings. The Bertz CT molecular complexity index is 739. The van der Waals surface area contributed by atoms with Crippen molar-refractivity contribution >= 4 is 28.7 Å². The maximum Gasteiger partial charge on any atom is 0.311 e. The average molecular weight is 375 g/mol. The summed E-state index contributed by atoms with van der Waals surface area (Å²) in [5, 5.41) is 6.62. The molecule has 8 heteroatoms. The standard InChI is InChI=1S/C18H21N3O4S/c1-2-23-16(22)10-15-12-26-18(20-15)21-19-11-13-4-6-14(7-5-13)17-24-8-3-9-25-17/h4-7,11-12,17H,2-3,8-10H2,1H3,(H,20,21). The van der Waals surface area contributed by atoms with Crippen molar-refractivity contribution in [3.05, 3.63) is 46.5 Å². The molecule has 0 bridgehead atoms. The van der Waals surface area contributed by atoms with Gasteiger partial charge in [0.1, 0.15) is 0 Å². The first-order chi connectivity index (χ1) is 12.7. The van der Waals surface area contributed by atoms with E-state index in [0.717, 1.165) is 30.8 Å². The lowest BCUT2D eigenvalue weighted by molar-refractivity contribution is -0.183. The highest BCUT2D eigenvalue weighted by Crippen LogP contribution is 2.22. The fourth-order valence-corrected chi connectivity index (χ4v) is 3.04. The average Bonchev–Trinajstić information content (AvgIpc) is 3.10. The summed E-state index contributed by atoms with van der Waals surface area (Å²) in [5.74, 6) is -0.279. The zero-order chi connectivity index (χ0) is 18.2. The van der Waals surface area contributed by atoms with Gasteiger partial charge in [0, 0.05) is 10.9 Å². The number of aromatic nitrogens is 1. The van der Waals surface area contributed by atoms with Gasteiger partial charge in [0.25, 0.3) is 0 Å². The summed E-state index contributed by atoms with van der Waals surface area (Å²) in [7, 11) is 0. The molecule has 0 radical (unpaired) electrons. The number of hydrogen-bond acceptors (Lipinski definition) is 8. The third-order valence-electron chi connectivity index (χ3n) is 3.59. The lowest BCUT2D eigenvalue weighted by Gasteiger charge is -2.23. The number of rotatable bonds is 7. The highest BCUT2D eigenvalue weighted by Gasteiger charge is 2.15. The molecule has 138 valence electrons. The van der Waals surface area contributed by atoms with Gasteiger partial charge < -0.3 is 14.2 Å². The second kappa shape index (κ2) is 9.42. The monoisotopic (exact) mass is 375 g/mol. The summed E-state index contributed by atoms with van der Waals surface area (Å²) in [4.78, 5) is 15.7. The summed E-state index contributed by atoms with van der Waals surface area (Å²) < 4.78 is 16.1. The first-order valence-corrected chi connectivity index (χ1v) is 9.35. The van der Waals surface area contributed by atoms with Crippen LogP contribution in [0.4, 0.5) is 5.13 Å². The molecule has 7 nitrogen and oxygen atoms in total. The van der Waals surface area contributed by atoms with Crippen molar-refractivity contribution < 1.29 is 19.0 Å². The van der Waals surface area contributed by atoms with Crippen LogP contribution in [0.15, 0.2) is 34.7 Å². The van der Waals surface area contributed by atoms with E-state index < -0.39 is 0 Å².